The molecule has 7 heteroatoms. The quantitative estimate of drug-likeness (QED) is 0.614. The van der Waals surface area contributed by atoms with Gasteiger partial charge in [0.05, 0.1) is 6.04 Å². The highest BCUT2D eigenvalue weighted by Crippen LogP contribution is 2.28. The second-order valence-corrected chi connectivity index (χ2v) is 8.34. The van der Waals surface area contributed by atoms with Crippen LogP contribution in [-0.4, -0.2) is 35.6 Å². The van der Waals surface area contributed by atoms with Crippen molar-refractivity contribution in [2.75, 3.05) is 19.6 Å². The molecule has 0 radical (unpaired) electrons. The Morgan fingerprint density at radius 3 is 2.71 bits per heavy atom. The average molecular weight is 416 g/mol. The molecule has 28 heavy (non-hydrogen) atoms. The van der Waals surface area contributed by atoms with Crippen LogP contribution in [0.3, 0.4) is 0 Å². The summed E-state index contributed by atoms with van der Waals surface area (Å²) in [5.41, 5.74) is 1.12. The van der Waals surface area contributed by atoms with Crippen molar-refractivity contribution in [1.29, 1.82) is 0 Å². The summed E-state index contributed by atoms with van der Waals surface area (Å²) in [6.45, 7) is 2.70. The monoisotopic (exact) mass is 415 g/mol. The molecule has 3 aromatic rings. The topological polar surface area (TPSA) is 58.4 Å². The molecule has 0 unspecified atom stereocenters. The number of likely N-dealkylation sites (tertiary alicyclic amines) is 1. The van der Waals surface area contributed by atoms with Gasteiger partial charge in [-0.25, -0.2) is 0 Å². The van der Waals surface area contributed by atoms with Crippen molar-refractivity contribution in [2.45, 2.75) is 25.3 Å². The summed E-state index contributed by atoms with van der Waals surface area (Å²) < 4.78 is 5.34. The molecule has 1 N–H and O–H groups in total. The lowest BCUT2D eigenvalue weighted by Gasteiger charge is -2.34. The van der Waals surface area contributed by atoms with Crippen LogP contribution in [0.1, 0.15) is 40.7 Å². The first-order valence-corrected chi connectivity index (χ1v) is 10.7. The van der Waals surface area contributed by atoms with E-state index in [1.54, 1.807) is 29.5 Å². The zero-order valence-corrected chi connectivity index (χ0v) is 17.0. The van der Waals surface area contributed by atoms with Gasteiger partial charge in [-0.3, -0.25) is 9.69 Å². The Balaban J connectivity index is 1.43. The van der Waals surface area contributed by atoms with Gasteiger partial charge < -0.3 is 9.84 Å². The lowest BCUT2D eigenvalue weighted by molar-refractivity contribution is 0.0917. The second kappa shape index (κ2) is 8.90. The molecule has 3 heterocycles. The fourth-order valence-electron chi connectivity index (χ4n) is 3.53. The number of hydrogen-bond acceptors (Lipinski definition) is 5. The highest BCUT2D eigenvalue weighted by Gasteiger charge is 2.24. The number of halogens is 1. The molecule has 146 valence electrons. The summed E-state index contributed by atoms with van der Waals surface area (Å²) in [6, 6.07) is 13.3. The first-order chi connectivity index (χ1) is 13.7. The highest BCUT2D eigenvalue weighted by atomic mass is 35.5. The fraction of sp³-hybridized carbons (Fsp3) is 0.333. The van der Waals surface area contributed by atoms with E-state index >= 15 is 0 Å². The van der Waals surface area contributed by atoms with E-state index in [9.17, 15) is 4.79 Å². The van der Waals surface area contributed by atoms with Gasteiger partial charge in [-0.2, -0.15) is 0 Å². The molecule has 0 spiro atoms. The molecule has 1 fully saturated rings. The summed E-state index contributed by atoms with van der Waals surface area (Å²) in [7, 11) is 0. The number of thiophene rings is 1. The summed E-state index contributed by atoms with van der Waals surface area (Å²) in [6.07, 6.45) is 3.71. The minimum Gasteiger partial charge on any atom is -0.355 e. The van der Waals surface area contributed by atoms with Crippen LogP contribution in [-0.2, 0) is 0 Å². The van der Waals surface area contributed by atoms with Gasteiger partial charge in [0.2, 0.25) is 0 Å². The van der Waals surface area contributed by atoms with Crippen molar-refractivity contribution in [3.05, 3.63) is 63.4 Å². The van der Waals surface area contributed by atoms with Crippen molar-refractivity contribution in [1.82, 2.24) is 15.4 Å². The number of nitrogens with zero attached hydrogens (tertiary/aromatic N) is 2. The van der Waals surface area contributed by atoms with Gasteiger partial charge in [0.1, 0.15) is 0 Å². The predicted octanol–water partition coefficient (Wildman–Crippen LogP) is 5.01. The van der Waals surface area contributed by atoms with Gasteiger partial charge in [0.25, 0.3) is 5.91 Å². The Labute approximate surface area is 173 Å². The van der Waals surface area contributed by atoms with E-state index in [4.69, 9.17) is 16.1 Å². The van der Waals surface area contributed by atoms with E-state index in [1.807, 2.05) is 12.1 Å². The number of hydrogen-bond donors (Lipinski definition) is 1. The first kappa shape index (κ1) is 19.2. The minimum atomic E-state index is -0.220. The van der Waals surface area contributed by atoms with Gasteiger partial charge in [-0.05, 0) is 61.6 Å². The van der Waals surface area contributed by atoms with Gasteiger partial charge in [0, 0.05) is 28.1 Å². The summed E-state index contributed by atoms with van der Waals surface area (Å²) in [5, 5.41) is 9.72. The number of carbonyl (C=O) groups is 1. The molecule has 1 aliphatic heterocycles. The molecule has 1 aromatic carbocycles. The smallest absolute Gasteiger partial charge is 0.273 e. The molecule has 0 bridgehead atoms. The lowest BCUT2D eigenvalue weighted by atomic mass is 10.1. The maximum atomic E-state index is 12.6. The number of rotatable bonds is 6. The van der Waals surface area contributed by atoms with Crippen LogP contribution < -0.4 is 5.32 Å². The number of aromatic nitrogens is 1. The normalized spacial score (nSPS) is 16.0. The van der Waals surface area contributed by atoms with Gasteiger partial charge >= 0.3 is 0 Å². The molecule has 1 amide bonds. The van der Waals surface area contributed by atoms with Crippen molar-refractivity contribution < 1.29 is 9.32 Å². The standard InChI is InChI=1S/C21H22ClN3O2S/c22-16-8-6-15(7-9-16)19-13-17(24-27-19)21(26)23-14-18(20-5-4-12-28-20)25-10-2-1-3-11-25/h4-9,12-13,18H,1-3,10-11,14H2,(H,23,26)/t18-/m0/s1. The number of amides is 1. The first-order valence-electron chi connectivity index (χ1n) is 9.49. The zero-order valence-electron chi connectivity index (χ0n) is 15.4. The summed E-state index contributed by atoms with van der Waals surface area (Å²) in [4.78, 5) is 16.4. The Hall–Kier alpha value is -2.15. The molecule has 5 nitrogen and oxygen atoms in total. The summed E-state index contributed by atoms with van der Waals surface area (Å²) >= 11 is 7.66. The van der Waals surface area contributed by atoms with Crippen LogP contribution in [0.25, 0.3) is 11.3 Å². The van der Waals surface area contributed by atoms with E-state index in [0.717, 1.165) is 18.7 Å². The van der Waals surface area contributed by atoms with E-state index in [2.05, 4.69) is 32.9 Å². The molecular weight excluding hydrogens is 394 g/mol. The van der Waals surface area contributed by atoms with Crippen molar-refractivity contribution >= 4 is 28.8 Å². The van der Waals surface area contributed by atoms with Gasteiger partial charge in [0.15, 0.2) is 11.5 Å². The SMILES string of the molecule is O=C(NC[C@@H](c1cccs1)N1CCCCC1)c1cc(-c2ccc(Cl)cc2)on1. The molecule has 0 aliphatic carbocycles. The van der Waals surface area contributed by atoms with Crippen LogP contribution in [0.15, 0.2) is 52.4 Å². The van der Waals surface area contributed by atoms with Crippen molar-refractivity contribution in [3.63, 3.8) is 0 Å². The van der Waals surface area contributed by atoms with Gasteiger partial charge in [-0.15, -0.1) is 11.3 Å². The Morgan fingerprint density at radius 2 is 2.00 bits per heavy atom. The van der Waals surface area contributed by atoms with E-state index in [-0.39, 0.29) is 17.6 Å². The third-order valence-corrected chi connectivity index (χ3v) is 6.26. The average Bonchev–Trinajstić information content (AvgIpc) is 3.42. The minimum absolute atomic E-state index is 0.201. The number of piperidine rings is 1. The second-order valence-electron chi connectivity index (χ2n) is 6.92. The number of benzene rings is 1. The van der Waals surface area contributed by atoms with Gasteiger partial charge in [-0.1, -0.05) is 29.2 Å². The molecule has 1 atom stereocenters. The third kappa shape index (κ3) is 4.46. The van der Waals surface area contributed by atoms with Crippen molar-refractivity contribution in [3.8, 4) is 11.3 Å². The highest BCUT2D eigenvalue weighted by molar-refractivity contribution is 7.10. The fourth-order valence-corrected chi connectivity index (χ4v) is 4.52. The maximum absolute atomic E-state index is 12.6. The molecule has 0 saturated carbocycles. The Kier molecular flexibility index (Phi) is 6.10. The summed E-state index contributed by atoms with van der Waals surface area (Å²) in [5.74, 6) is 0.329. The largest absolute Gasteiger partial charge is 0.355 e. The molecule has 2 aromatic heterocycles. The molecular formula is C21H22ClN3O2S. The third-order valence-electron chi connectivity index (χ3n) is 5.03. The Morgan fingerprint density at radius 1 is 1.21 bits per heavy atom. The predicted molar refractivity (Wildman–Crippen MR) is 112 cm³/mol. The van der Waals surface area contributed by atoms with E-state index < -0.39 is 0 Å². The molecule has 1 saturated heterocycles. The maximum Gasteiger partial charge on any atom is 0.273 e. The Bertz CT molecular complexity index is 902. The number of carbonyl (C=O) groups excluding carboxylic acids is 1. The molecule has 1 aliphatic rings. The molecule has 4 rings (SSSR count). The zero-order chi connectivity index (χ0) is 19.3. The van der Waals surface area contributed by atoms with Crippen LogP contribution in [0.2, 0.25) is 5.02 Å². The number of nitrogens with one attached hydrogen (secondary N) is 1. The van der Waals surface area contributed by atoms with Crippen LogP contribution in [0, 0.1) is 0 Å². The van der Waals surface area contributed by atoms with Crippen LogP contribution in [0.4, 0.5) is 0 Å². The van der Waals surface area contributed by atoms with Crippen molar-refractivity contribution in [2.24, 2.45) is 0 Å². The lowest BCUT2D eigenvalue weighted by Crippen LogP contribution is -2.40. The van der Waals surface area contributed by atoms with E-state index in [0.29, 0.717) is 17.3 Å². The van der Waals surface area contributed by atoms with Crippen LogP contribution in [0.5, 0.6) is 0 Å². The van der Waals surface area contributed by atoms with E-state index in [1.165, 1.54) is 24.1 Å². The van der Waals surface area contributed by atoms with Crippen LogP contribution >= 0.6 is 22.9 Å².